The van der Waals surface area contributed by atoms with Crippen molar-refractivity contribution < 1.29 is 9.90 Å². The van der Waals surface area contributed by atoms with E-state index in [0.717, 1.165) is 54.0 Å². The summed E-state index contributed by atoms with van der Waals surface area (Å²) in [5.74, 6) is 1.41. The number of anilines is 1. The fourth-order valence-corrected chi connectivity index (χ4v) is 4.14. The first-order chi connectivity index (χ1) is 15.0. The molecule has 1 aromatic heterocycles. The van der Waals surface area contributed by atoms with E-state index < -0.39 is 5.60 Å². The van der Waals surface area contributed by atoms with Crippen LogP contribution in [0.25, 0.3) is 22.3 Å². The third-order valence-corrected chi connectivity index (χ3v) is 6.34. The molecule has 4 rings (SSSR count). The number of fused-ring (bicyclic) bond motifs is 1. The highest BCUT2D eigenvalue weighted by Gasteiger charge is 2.34. The Labute approximate surface area is 183 Å². The zero-order valence-corrected chi connectivity index (χ0v) is 18.2. The molecule has 0 aliphatic carbocycles. The molecule has 0 saturated carbocycles. The Balaban J connectivity index is 1.54. The number of rotatable bonds is 6. The molecule has 0 radical (unpaired) electrons. The molecule has 1 aliphatic rings. The Morgan fingerprint density at radius 3 is 2.35 bits per heavy atom. The normalized spacial score (nSPS) is 15.3. The summed E-state index contributed by atoms with van der Waals surface area (Å²) in [6.07, 6.45) is 2.47. The summed E-state index contributed by atoms with van der Waals surface area (Å²) >= 11 is 0. The molecular formula is C25H30N4O2. The molecular weight excluding hydrogens is 388 g/mol. The third kappa shape index (κ3) is 4.39. The maximum Gasteiger partial charge on any atom is 0.252 e. The largest absolute Gasteiger partial charge is 0.380 e. The lowest BCUT2D eigenvalue weighted by Gasteiger charge is -2.35. The molecule has 0 bridgehead atoms. The van der Waals surface area contributed by atoms with Crippen molar-refractivity contribution in [3.63, 3.8) is 0 Å². The van der Waals surface area contributed by atoms with Gasteiger partial charge in [-0.2, -0.15) is 0 Å². The van der Waals surface area contributed by atoms with Gasteiger partial charge in [0.25, 0.3) is 5.91 Å². The first kappa shape index (κ1) is 21.2. The van der Waals surface area contributed by atoms with Gasteiger partial charge in [0.2, 0.25) is 0 Å². The molecule has 0 spiro atoms. The van der Waals surface area contributed by atoms with E-state index in [9.17, 15) is 9.90 Å². The second-order valence-electron chi connectivity index (χ2n) is 8.23. The highest BCUT2D eigenvalue weighted by Crippen LogP contribution is 2.29. The fourth-order valence-electron chi connectivity index (χ4n) is 4.14. The van der Waals surface area contributed by atoms with Crippen LogP contribution in [0.3, 0.4) is 0 Å². The highest BCUT2D eigenvalue weighted by molar-refractivity contribution is 5.91. The molecule has 0 unspecified atom stereocenters. The zero-order valence-electron chi connectivity index (χ0n) is 18.2. The van der Waals surface area contributed by atoms with Crippen LogP contribution in [0, 0.1) is 0 Å². The van der Waals surface area contributed by atoms with Crippen molar-refractivity contribution in [3.8, 4) is 11.4 Å². The van der Waals surface area contributed by atoms with Crippen molar-refractivity contribution in [1.82, 2.24) is 15.3 Å². The first-order valence-corrected chi connectivity index (χ1v) is 11.1. The fraction of sp³-hybridized carbons (Fsp3) is 0.400. The summed E-state index contributed by atoms with van der Waals surface area (Å²) in [5.41, 5.74) is 0.651. The van der Waals surface area contributed by atoms with Crippen LogP contribution in [0.5, 0.6) is 0 Å². The minimum Gasteiger partial charge on any atom is -0.380 e. The first-order valence-electron chi connectivity index (χ1n) is 11.1. The molecule has 0 atom stereocenters. The van der Waals surface area contributed by atoms with E-state index in [1.54, 1.807) is 0 Å². The number of para-hydroxylation sites is 1. The van der Waals surface area contributed by atoms with Gasteiger partial charge < -0.3 is 15.3 Å². The second kappa shape index (κ2) is 9.02. The van der Waals surface area contributed by atoms with Crippen molar-refractivity contribution in [2.75, 3.05) is 18.0 Å². The number of benzene rings is 2. The quantitative estimate of drug-likeness (QED) is 0.634. The van der Waals surface area contributed by atoms with E-state index in [-0.39, 0.29) is 11.9 Å². The van der Waals surface area contributed by atoms with Gasteiger partial charge >= 0.3 is 0 Å². The molecule has 1 saturated heterocycles. The number of nitrogens with one attached hydrogen (secondary N) is 1. The van der Waals surface area contributed by atoms with Gasteiger partial charge in [0.05, 0.1) is 5.52 Å². The maximum absolute atomic E-state index is 12.5. The van der Waals surface area contributed by atoms with Crippen molar-refractivity contribution in [2.24, 2.45) is 0 Å². The van der Waals surface area contributed by atoms with Crippen LogP contribution < -0.4 is 10.2 Å². The number of carbonyl (C=O) groups excluding carboxylic acids is 1. The van der Waals surface area contributed by atoms with Crippen LogP contribution in [-0.2, 0) is 4.79 Å². The van der Waals surface area contributed by atoms with Gasteiger partial charge in [0.15, 0.2) is 5.82 Å². The molecule has 2 N–H and O–H groups in total. The lowest BCUT2D eigenvalue weighted by molar-refractivity contribution is -0.141. The molecule has 2 aromatic carbocycles. The summed E-state index contributed by atoms with van der Waals surface area (Å²) in [6, 6.07) is 18.2. The molecule has 31 heavy (non-hydrogen) atoms. The Morgan fingerprint density at radius 1 is 1.03 bits per heavy atom. The Hall–Kier alpha value is -2.99. The number of hydrogen-bond acceptors (Lipinski definition) is 5. The molecule has 162 valence electrons. The Kier molecular flexibility index (Phi) is 6.18. The van der Waals surface area contributed by atoms with Gasteiger partial charge in [-0.05, 0) is 37.8 Å². The highest BCUT2D eigenvalue weighted by atomic mass is 16.3. The number of aliphatic hydroxyl groups is 1. The van der Waals surface area contributed by atoms with Crippen molar-refractivity contribution in [2.45, 2.75) is 51.2 Å². The van der Waals surface area contributed by atoms with E-state index in [0.29, 0.717) is 12.8 Å². The van der Waals surface area contributed by atoms with E-state index in [4.69, 9.17) is 9.97 Å². The van der Waals surface area contributed by atoms with Gasteiger partial charge in [0, 0.05) is 30.1 Å². The van der Waals surface area contributed by atoms with Crippen LogP contribution >= 0.6 is 0 Å². The molecule has 1 amide bonds. The summed E-state index contributed by atoms with van der Waals surface area (Å²) in [7, 11) is 0. The average Bonchev–Trinajstić information content (AvgIpc) is 2.83. The number of aromatic nitrogens is 2. The van der Waals surface area contributed by atoms with Gasteiger partial charge in [-0.15, -0.1) is 0 Å². The predicted molar refractivity (Wildman–Crippen MR) is 124 cm³/mol. The molecule has 2 heterocycles. The van der Waals surface area contributed by atoms with Crippen LogP contribution in [0.15, 0.2) is 54.6 Å². The average molecular weight is 419 g/mol. The third-order valence-electron chi connectivity index (χ3n) is 6.34. The van der Waals surface area contributed by atoms with Gasteiger partial charge in [-0.1, -0.05) is 56.3 Å². The van der Waals surface area contributed by atoms with Crippen LogP contribution in [-0.4, -0.2) is 45.7 Å². The van der Waals surface area contributed by atoms with Crippen LogP contribution in [0.4, 0.5) is 5.82 Å². The van der Waals surface area contributed by atoms with E-state index in [1.165, 1.54) is 0 Å². The number of carbonyl (C=O) groups is 1. The van der Waals surface area contributed by atoms with Gasteiger partial charge in [0.1, 0.15) is 11.4 Å². The van der Waals surface area contributed by atoms with Gasteiger partial charge in [-0.3, -0.25) is 4.79 Å². The lowest BCUT2D eigenvalue weighted by atomic mass is 9.95. The van der Waals surface area contributed by atoms with Crippen LogP contribution in [0.2, 0.25) is 0 Å². The molecule has 6 heteroatoms. The molecule has 1 aliphatic heterocycles. The lowest BCUT2D eigenvalue weighted by Crippen LogP contribution is -2.52. The minimum atomic E-state index is -1.27. The predicted octanol–water partition coefficient (Wildman–Crippen LogP) is 3.93. The summed E-state index contributed by atoms with van der Waals surface area (Å²) in [6.45, 7) is 5.26. The second-order valence-corrected chi connectivity index (χ2v) is 8.23. The van der Waals surface area contributed by atoms with Crippen molar-refractivity contribution in [3.05, 3.63) is 54.6 Å². The number of piperidine rings is 1. The van der Waals surface area contributed by atoms with E-state index >= 15 is 0 Å². The van der Waals surface area contributed by atoms with Crippen molar-refractivity contribution in [1.29, 1.82) is 0 Å². The summed E-state index contributed by atoms with van der Waals surface area (Å²) in [4.78, 5) is 24.5. The standard InChI is InChI=1S/C25H30N4O2/c1-3-25(31,4-2)24(30)26-19-14-16-29(17-15-19)23-20-12-8-9-13-21(20)27-22(28-23)18-10-6-5-7-11-18/h5-13,19,31H,3-4,14-17H2,1-2H3,(H,26,30). The van der Waals surface area contributed by atoms with E-state index in [1.807, 2.05) is 62.4 Å². The molecule has 6 nitrogen and oxygen atoms in total. The Bertz CT molecular complexity index is 1040. The number of amides is 1. The Morgan fingerprint density at radius 2 is 1.68 bits per heavy atom. The SMILES string of the molecule is CCC(O)(CC)C(=O)NC1CCN(c2nc(-c3ccccc3)nc3ccccc23)CC1. The van der Waals surface area contributed by atoms with Gasteiger partial charge in [-0.25, -0.2) is 9.97 Å². The summed E-state index contributed by atoms with van der Waals surface area (Å²) < 4.78 is 0. The summed E-state index contributed by atoms with van der Waals surface area (Å²) in [5, 5.41) is 14.6. The molecule has 1 fully saturated rings. The zero-order chi connectivity index (χ0) is 21.8. The van der Waals surface area contributed by atoms with E-state index in [2.05, 4.69) is 16.3 Å². The number of nitrogens with zero attached hydrogens (tertiary/aromatic N) is 3. The topological polar surface area (TPSA) is 78.4 Å². The maximum atomic E-state index is 12.5. The number of hydrogen-bond donors (Lipinski definition) is 2. The van der Waals surface area contributed by atoms with Crippen LogP contribution in [0.1, 0.15) is 39.5 Å². The minimum absolute atomic E-state index is 0.0649. The monoisotopic (exact) mass is 418 g/mol. The molecule has 3 aromatic rings. The van der Waals surface area contributed by atoms with Crippen molar-refractivity contribution >= 4 is 22.6 Å². The smallest absolute Gasteiger partial charge is 0.252 e.